The van der Waals surface area contributed by atoms with Crippen LogP contribution in [0.2, 0.25) is 15.1 Å². The summed E-state index contributed by atoms with van der Waals surface area (Å²) in [6.07, 6.45) is 1.47. The first-order valence-corrected chi connectivity index (χ1v) is 12.4. The number of rotatable bonds is 9. The van der Waals surface area contributed by atoms with Crippen LogP contribution in [-0.2, 0) is 22.7 Å². The van der Waals surface area contributed by atoms with Gasteiger partial charge in [-0.1, -0.05) is 40.9 Å². The second-order valence-corrected chi connectivity index (χ2v) is 9.18. The molecule has 1 N–H and O–H groups in total. The normalized spacial score (nSPS) is 14.1. The van der Waals surface area contributed by atoms with E-state index >= 15 is 0 Å². The van der Waals surface area contributed by atoms with Gasteiger partial charge in [0.2, 0.25) is 5.76 Å². The summed E-state index contributed by atoms with van der Waals surface area (Å²) in [7, 11) is 1.22. The van der Waals surface area contributed by atoms with Crippen molar-refractivity contribution < 1.29 is 33.0 Å². The van der Waals surface area contributed by atoms with Crippen LogP contribution in [0.15, 0.2) is 52.6 Å². The smallest absolute Gasteiger partial charge is 0.373 e. The van der Waals surface area contributed by atoms with E-state index in [1.54, 1.807) is 37.3 Å². The summed E-state index contributed by atoms with van der Waals surface area (Å²) in [4.78, 5) is 37.9. The van der Waals surface area contributed by atoms with Crippen molar-refractivity contribution in [2.75, 3.05) is 13.7 Å². The molecule has 0 atom stereocenters. The van der Waals surface area contributed by atoms with E-state index in [2.05, 4.69) is 10.1 Å². The zero-order valence-corrected chi connectivity index (χ0v) is 22.4. The van der Waals surface area contributed by atoms with Crippen molar-refractivity contribution in [2.45, 2.75) is 20.1 Å². The summed E-state index contributed by atoms with van der Waals surface area (Å²) in [5.74, 6) is -0.415. The highest BCUT2D eigenvalue weighted by atomic mass is 35.5. The first kappa shape index (κ1) is 27.4. The number of halogens is 3. The molecule has 3 amide bonds. The maximum atomic E-state index is 12.9. The van der Waals surface area contributed by atoms with Crippen LogP contribution in [0, 0.1) is 0 Å². The minimum absolute atomic E-state index is 0.0230. The Morgan fingerprint density at radius 2 is 1.84 bits per heavy atom. The number of amides is 3. The number of nitrogens with one attached hydrogen (secondary N) is 1. The van der Waals surface area contributed by atoms with Gasteiger partial charge in [0.25, 0.3) is 5.91 Å². The molecule has 1 saturated heterocycles. The largest absolute Gasteiger partial charge is 0.490 e. The Balaban J connectivity index is 1.53. The number of hydrogen-bond donors (Lipinski definition) is 1. The number of carbonyl (C=O) groups is 3. The second kappa shape index (κ2) is 11.8. The van der Waals surface area contributed by atoms with Gasteiger partial charge in [0.05, 0.1) is 25.3 Å². The van der Waals surface area contributed by atoms with Crippen molar-refractivity contribution in [3.8, 4) is 11.5 Å². The number of carbonyl (C=O) groups excluding carboxylic acids is 3. The SMILES string of the molecule is CCOc1cc(/C=C2\NC(=O)N(Cc3ccc(C(=O)OC)o3)C2=O)cc(Cl)c1OCc1ccc(Cl)cc1Cl. The number of benzene rings is 2. The Morgan fingerprint density at radius 1 is 1.05 bits per heavy atom. The lowest BCUT2D eigenvalue weighted by atomic mass is 10.1. The number of esters is 1. The quantitative estimate of drug-likeness (QED) is 0.185. The molecule has 12 heteroatoms. The van der Waals surface area contributed by atoms with Crippen LogP contribution in [0.4, 0.5) is 4.79 Å². The standard InChI is InChI=1S/C26H21Cl3N2O7/c1-3-36-22-10-14(8-19(29)23(22)37-13-15-4-5-16(27)11-18(15)28)9-20-24(32)31(26(34)30-20)12-17-6-7-21(38-17)25(33)35-2/h4-11H,3,12-13H2,1-2H3,(H,30,34)/b20-9-. The Labute approximate surface area is 232 Å². The number of methoxy groups -OCH3 is 1. The first-order chi connectivity index (χ1) is 18.2. The van der Waals surface area contributed by atoms with Gasteiger partial charge < -0.3 is 23.9 Å². The van der Waals surface area contributed by atoms with E-state index in [0.717, 1.165) is 4.90 Å². The van der Waals surface area contributed by atoms with E-state index in [1.165, 1.54) is 25.3 Å². The van der Waals surface area contributed by atoms with E-state index in [4.69, 9.17) is 48.7 Å². The van der Waals surface area contributed by atoms with E-state index in [9.17, 15) is 14.4 Å². The third-order valence-electron chi connectivity index (χ3n) is 5.35. The van der Waals surface area contributed by atoms with Crippen molar-refractivity contribution in [3.63, 3.8) is 0 Å². The topological polar surface area (TPSA) is 107 Å². The lowest BCUT2D eigenvalue weighted by molar-refractivity contribution is -0.123. The fourth-order valence-electron chi connectivity index (χ4n) is 3.57. The van der Waals surface area contributed by atoms with Crippen molar-refractivity contribution in [1.29, 1.82) is 0 Å². The van der Waals surface area contributed by atoms with E-state index < -0.39 is 17.9 Å². The monoisotopic (exact) mass is 578 g/mol. The van der Waals surface area contributed by atoms with Crippen LogP contribution in [0.1, 0.15) is 34.4 Å². The molecule has 1 fully saturated rings. The van der Waals surface area contributed by atoms with Crippen LogP contribution in [0.25, 0.3) is 6.08 Å². The number of urea groups is 1. The summed E-state index contributed by atoms with van der Waals surface area (Å²) >= 11 is 18.7. The molecule has 9 nitrogen and oxygen atoms in total. The van der Waals surface area contributed by atoms with Crippen molar-refractivity contribution in [3.05, 3.63) is 85.9 Å². The first-order valence-electron chi connectivity index (χ1n) is 11.2. The maximum absolute atomic E-state index is 12.9. The highest BCUT2D eigenvalue weighted by molar-refractivity contribution is 6.35. The summed E-state index contributed by atoms with van der Waals surface area (Å²) in [5.41, 5.74) is 1.22. The van der Waals surface area contributed by atoms with Gasteiger partial charge in [0.1, 0.15) is 18.1 Å². The van der Waals surface area contributed by atoms with Gasteiger partial charge in [-0.2, -0.15) is 0 Å². The molecule has 1 aromatic heterocycles. The van der Waals surface area contributed by atoms with Crippen LogP contribution < -0.4 is 14.8 Å². The Bertz CT molecular complexity index is 1430. The Hall–Kier alpha value is -3.66. The molecule has 0 aliphatic carbocycles. The second-order valence-electron chi connectivity index (χ2n) is 7.92. The molecule has 3 aromatic rings. The van der Waals surface area contributed by atoms with Gasteiger partial charge in [-0.15, -0.1) is 0 Å². The van der Waals surface area contributed by atoms with Gasteiger partial charge in [-0.05, 0) is 55.0 Å². The molecule has 1 aliphatic heterocycles. The third-order valence-corrected chi connectivity index (χ3v) is 6.22. The fraction of sp³-hybridized carbons (Fsp3) is 0.192. The molecule has 0 unspecified atom stereocenters. The molecule has 2 aromatic carbocycles. The average Bonchev–Trinajstić information content (AvgIpc) is 3.45. The van der Waals surface area contributed by atoms with Crippen LogP contribution in [0.5, 0.6) is 11.5 Å². The molecule has 0 bridgehead atoms. The van der Waals surface area contributed by atoms with E-state index in [-0.39, 0.29) is 35.4 Å². The van der Waals surface area contributed by atoms with Crippen LogP contribution in [-0.4, -0.2) is 36.5 Å². The highest BCUT2D eigenvalue weighted by Gasteiger charge is 2.34. The summed E-state index contributed by atoms with van der Waals surface area (Å²) in [6, 6.07) is 10.5. The maximum Gasteiger partial charge on any atom is 0.373 e. The van der Waals surface area contributed by atoms with E-state index in [1.807, 2.05) is 0 Å². The van der Waals surface area contributed by atoms with Gasteiger partial charge in [0.15, 0.2) is 11.5 Å². The molecule has 2 heterocycles. The molecule has 0 saturated carbocycles. The molecule has 198 valence electrons. The van der Waals surface area contributed by atoms with Gasteiger partial charge in [0, 0.05) is 15.6 Å². The summed E-state index contributed by atoms with van der Waals surface area (Å²) in [6.45, 7) is 2.07. The van der Waals surface area contributed by atoms with Crippen LogP contribution >= 0.6 is 34.8 Å². The minimum atomic E-state index is -0.667. The van der Waals surface area contributed by atoms with Crippen molar-refractivity contribution >= 4 is 58.8 Å². The molecule has 0 spiro atoms. The molecule has 38 heavy (non-hydrogen) atoms. The lowest BCUT2D eigenvalue weighted by Gasteiger charge is -2.15. The summed E-state index contributed by atoms with van der Waals surface area (Å²) < 4.78 is 21.6. The Morgan fingerprint density at radius 3 is 2.55 bits per heavy atom. The zero-order valence-electron chi connectivity index (χ0n) is 20.2. The number of imide groups is 1. The zero-order chi connectivity index (χ0) is 27.4. The highest BCUT2D eigenvalue weighted by Crippen LogP contribution is 2.38. The molecule has 4 rings (SSSR count). The number of hydrogen-bond acceptors (Lipinski definition) is 7. The van der Waals surface area contributed by atoms with Gasteiger partial charge >= 0.3 is 12.0 Å². The molecular weight excluding hydrogens is 559 g/mol. The summed E-state index contributed by atoms with van der Waals surface area (Å²) in [5, 5.41) is 3.71. The third kappa shape index (κ3) is 6.07. The average molecular weight is 580 g/mol. The number of furan rings is 1. The predicted molar refractivity (Wildman–Crippen MR) is 141 cm³/mol. The predicted octanol–water partition coefficient (Wildman–Crippen LogP) is 6.10. The Kier molecular flexibility index (Phi) is 8.51. The van der Waals surface area contributed by atoms with Crippen molar-refractivity contribution in [2.24, 2.45) is 0 Å². The molecule has 1 aliphatic rings. The van der Waals surface area contributed by atoms with Gasteiger partial charge in [-0.25, -0.2) is 9.59 Å². The van der Waals surface area contributed by atoms with Gasteiger partial charge in [-0.3, -0.25) is 9.69 Å². The molecule has 0 radical (unpaired) electrons. The number of nitrogens with zero attached hydrogens (tertiary/aromatic N) is 1. The fourth-order valence-corrected chi connectivity index (χ4v) is 4.31. The van der Waals surface area contributed by atoms with Crippen LogP contribution in [0.3, 0.4) is 0 Å². The van der Waals surface area contributed by atoms with E-state index in [0.29, 0.717) is 39.3 Å². The minimum Gasteiger partial charge on any atom is -0.490 e. The molecular formula is C26H21Cl3N2O7. The van der Waals surface area contributed by atoms with Crippen molar-refractivity contribution in [1.82, 2.24) is 10.2 Å². The lowest BCUT2D eigenvalue weighted by Crippen LogP contribution is -2.30. The number of ether oxygens (including phenoxy) is 3.